The molecule has 2 aliphatic rings. The van der Waals surface area contributed by atoms with E-state index in [0.29, 0.717) is 13.2 Å². The van der Waals surface area contributed by atoms with E-state index in [-0.39, 0.29) is 6.10 Å². The lowest BCUT2D eigenvalue weighted by Gasteiger charge is -2.31. The number of hydrogen-bond donors (Lipinski definition) is 2. The minimum atomic E-state index is -0.361. The van der Waals surface area contributed by atoms with Gasteiger partial charge in [0, 0.05) is 19.2 Å². The maximum Gasteiger partial charge on any atom is 0.0897 e. The Hall–Kier alpha value is -0.160. The maximum atomic E-state index is 9.80. The first-order chi connectivity index (χ1) is 10.3. The Kier molecular flexibility index (Phi) is 8.01. The predicted octanol–water partition coefficient (Wildman–Crippen LogP) is 2.02. The summed E-state index contributed by atoms with van der Waals surface area (Å²) in [6, 6.07) is 0.806. The average molecular weight is 298 g/mol. The summed E-state index contributed by atoms with van der Waals surface area (Å²) in [6.45, 7) is 4.11. The molecule has 1 atom stereocenters. The van der Waals surface area contributed by atoms with Crippen LogP contribution in [0.5, 0.6) is 0 Å². The number of nitrogens with one attached hydrogen (secondary N) is 1. The van der Waals surface area contributed by atoms with Crippen molar-refractivity contribution in [3.05, 3.63) is 0 Å². The van der Waals surface area contributed by atoms with Gasteiger partial charge in [-0.2, -0.15) is 0 Å². The number of nitrogens with zero attached hydrogens (tertiary/aromatic N) is 1. The van der Waals surface area contributed by atoms with Gasteiger partial charge in [-0.05, 0) is 58.2 Å². The summed E-state index contributed by atoms with van der Waals surface area (Å²) in [5.41, 5.74) is 0. The van der Waals surface area contributed by atoms with Crippen molar-refractivity contribution in [1.82, 2.24) is 10.2 Å². The molecule has 0 radical (unpaired) electrons. The van der Waals surface area contributed by atoms with Crippen molar-refractivity contribution in [2.75, 3.05) is 39.9 Å². The Morgan fingerprint density at radius 3 is 2.67 bits per heavy atom. The van der Waals surface area contributed by atoms with E-state index >= 15 is 0 Å². The summed E-state index contributed by atoms with van der Waals surface area (Å²) < 4.78 is 5.50. The molecular formula is C17H34N2O2. The minimum Gasteiger partial charge on any atom is -0.389 e. The highest BCUT2D eigenvalue weighted by atomic mass is 16.5. The van der Waals surface area contributed by atoms with Crippen molar-refractivity contribution < 1.29 is 9.84 Å². The van der Waals surface area contributed by atoms with Gasteiger partial charge in [-0.1, -0.05) is 19.3 Å². The SMILES string of the molecule is CN(CCCNCC(O)COCC1CC1)C1CCCCC1. The van der Waals surface area contributed by atoms with Gasteiger partial charge in [-0.15, -0.1) is 0 Å². The van der Waals surface area contributed by atoms with Crippen LogP contribution in [0.2, 0.25) is 0 Å². The summed E-state index contributed by atoms with van der Waals surface area (Å²) in [5.74, 6) is 0.778. The lowest BCUT2D eigenvalue weighted by molar-refractivity contribution is 0.0325. The molecule has 21 heavy (non-hydrogen) atoms. The molecule has 0 aromatic carbocycles. The molecule has 0 bridgehead atoms. The fourth-order valence-corrected chi connectivity index (χ4v) is 3.14. The monoisotopic (exact) mass is 298 g/mol. The van der Waals surface area contributed by atoms with Crippen LogP contribution in [0.15, 0.2) is 0 Å². The molecule has 124 valence electrons. The molecule has 4 heteroatoms. The van der Waals surface area contributed by atoms with Crippen LogP contribution in [0.4, 0.5) is 0 Å². The van der Waals surface area contributed by atoms with Gasteiger partial charge in [0.05, 0.1) is 12.7 Å². The minimum absolute atomic E-state index is 0.361. The van der Waals surface area contributed by atoms with E-state index in [4.69, 9.17) is 4.74 Å². The zero-order chi connectivity index (χ0) is 14.9. The molecule has 0 amide bonds. The summed E-state index contributed by atoms with van der Waals surface area (Å²) in [5, 5.41) is 13.1. The van der Waals surface area contributed by atoms with E-state index in [2.05, 4.69) is 17.3 Å². The van der Waals surface area contributed by atoms with Crippen LogP contribution < -0.4 is 5.32 Å². The van der Waals surface area contributed by atoms with Crippen LogP contribution in [0.1, 0.15) is 51.4 Å². The van der Waals surface area contributed by atoms with Gasteiger partial charge in [0.25, 0.3) is 0 Å². The van der Waals surface area contributed by atoms with Gasteiger partial charge in [0.15, 0.2) is 0 Å². The number of rotatable bonds is 11. The van der Waals surface area contributed by atoms with Crippen LogP contribution in [0, 0.1) is 5.92 Å². The molecule has 2 rings (SSSR count). The molecular weight excluding hydrogens is 264 g/mol. The first-order valence-electron chi connectivity index (χ1n) is 8.92. The molecule has 0 aromatic heterocycles. The predicted molar refractivity (Wildman–Crippen MR) is 86.5 cm³/mol. The first kappa shape index (κ1) is 17.2. The van der Waals surface area contributed by atoms with Crippen LogP contribution in [-0.2, 0) is 4.74 Å². The smallest absolute Gasteiger partial charge is 0.0897 e. The summed E-state index contributed by atoms with van der Waals surface area (Å²) in [6.07, 6.45) is 10.4. The lowest BCUT2D eigenvalue weighted by atomic mass is 9.94. The average Bonchev–Trinajstić information content (AvgIpc) is 3.32. The molecule has 0 aliphatic heterocycles. The first-order valence-corrected chi connectivity index (χ1v) is 8.92. The molecule has 1 unspecified atom stereocenters. The maximum absolute atomic E-state index is 9.80. The summed E-state index contributed by atoms with van der Waals surface area (Å²) in [7, 11) is 2.26. The van der Waals surface area contributed by atoms with Gasteiger partial charge >= 0.3 is 0 Å². The molecule has 0 saturated heterocycles. The van der Waals surface area contributed by atoms with Crippen molar-refractivity contribution in [3.63, 3.8) is 0 Å². The van der Waals surface area contributed by atoms with Crippen LogP contribution >= 0.6 is 0 Å². The second-order valence-electron chi connectivity index (χ2n) is 6.96. The quantitative estimate of drug-likeness (QED) is 0.573. The Morgan fingerprint density at radius 2 is 1.95 bits per heavy atom. The van der Waals surface area contributed by atoms with E-state index in [1.807, 2.05) is 0 Å². The van der Waals surface area contributed by atoms with Crippen molar-refractivity contribution in [1.29, 1.82) is 0 Å². The standard InChI is InChI=1S/C17H34N2O2/c1-19(16-6-3-2-4-7-16)11-5-10-18-12-17(20)14-21-13-15-8-9-15/h15-18,20H,2-14H2,1H3. The third kappa shape index (κ3) is 7.59. The Labute approximate surface area is 130 Å². The van der Waals surface area contributed by atoms with E-state index in [9.17, 15) is 5.11 Å². The second-order valence-corrected chi connectivity index (χ2v) is 6.96. The van der Waals surface area contributed by atoms with Crippen molar-refractivity contribution in [2.45, 2.75) is 63.5 Å². The van der Waals surface area contributed by atoms with Crippen molar-refractivity contribution in [2.24, 2.45) is 5.92 Å². The molecule has 2 fully saturated rings. The Bertz CT molecular complexity index is 266. The van der Waals surface area contributed by atoms with Gasteiger partial charge in [-0.3, -0.25) is 0 Å². The molecule has 0 aromatic rings. The van der Waals surface area contributed by atoms with Gasteiger partial charge in [0.1, 0.15) is 0 Å². The number of ether oxygens (including phenoxy) is 1. The third-order valence-corrected chi connectivity index (χ3v) is 4.80. The fourth-order valence-electron chi connectivity index (χ4n) is 3.14. The molecule has 4 nitrogen and oxygen atoms in total. The summed E-state index contributed by atoms with van der Waals surface area (Å²) in [4.78, 5) is 2.52. The molecule has 2 N–H and O–H groups in total. The van der Waals surface area contributed by atoms with Crippen LogP contribution in [0.25, 0.3) is 0 Å². The second kappa shape index (κ2) is 9.78. The van der Waals surface area contributed by atoms with E-state index in [0.717, 1.165) is 38.1 Å². The zero-order valence-electron chi connectivity index (χ0n) is 13.7. The highest BCUT2D eigenvalue weighted by Gasteiger charge is 2.21. The molecule has 0 heterocycles. The number of aliphatic hydroxyl groups excluding tert-OH is 1. The van der Waals surface area contributed by atoms with Gasteiger partial charge in [0.2, 0.25) is 0 Å². The Balaban J connectivity index is 1.39. The fraction of sp³-hybridized carbons (Fsp3) is 1.00. The summed E-state index contributed by atoms with van der Waals surface area (Å²) >= 11 is 0. The van der Waals surface area contributed by atoms with Crippen molar-refractivity contribution in [3.8, 4) is 0 Å². The van der Waals surface area contributed by atoms with Crippen molar-refractivity contribution >= 4 is 0 Å². The number of aliphatic hydroxyl groups is 1. The normalized spacial score (nSPS) is 21.9. The number of hydrogen-bond acceptors (Lipinski definition) is 4. The van der Waals surface area contributed by atoms with Gasteiger partial charge < -0.3 is 20.1 Å². The van der Waals surface area contributed by atoms with Crippen LogP contribution in [-0.4, -0.2) is 62.0 Å². The third-order valence-electron chi connectivity index (χ3n) is 4.80. The lowest BCUT2D eigenvalue weighted by Crippen LogP contribution is -2.36. The largest absolute Gasteiger partial charge is 0.389 e. The Morgan fingerprint density at radius 1 is 1.19 bits per heavy atom. The van der Waals surface area contributed by atoms with E-state index in [1.165, 1.54) is 44.9 Å². The van der Waals surface area contributed by atoms with Gasteiger partial charge in [-0.25, -0.2) is 0 Å². The topological polar surface area (TPSA) is 44.7 Å². The van der Waals surface area contributed by atoms with E-state index in [1.54, 1.807) is 0 Å². The molecule has 2 saturated carbocycles. The molecule has 0 spiro atoms. The molecule has 2 aliphatic carbocycles. The van der Waals surface area contributed by atoms with E-state index < -0.39 is 0 Å². The highest BCUT2D eigenvalue weighted by molar-refractivity contribution is 4.74. The van der Waals surface area contributed by atoms with Crippen LogP contribution in [0.3, 0.4) is 0 Å². The highest BCUT2D eigenvalue weighted by Crippen LogP contribution is 2.28. The zero-order valence-corrected chi connectivity index (χ0v) is 13.7.